The number of carbonyl (C=O) groups is 2. The molecular formula is C27H28N4O2S. The van der Waals surface area contributed by atoms with Gasteiger partial charge in [0, 0.05) is 34.6 Å². The van der Waals surface area contributed by atoms with E-state index in [0.717, 1.165) is 59.7 Å². The van der Waals surface area contributed by atoms with E-state index in [1.807, 2.05) is 42.5 Å². The minimum atomic E-state index is -0.222. The molecule has 4 bridgehead atoms. The van der Waals surface area contributed by atoms with Crippen molar-refractivity contribution in [3.05, 3.63) is 65.7 Å². The van der Waals surface area contributed by atoms with Crippen molar-refractivity contribution in [3.63, 3.8) is 0 Å². The van der Waals surface area contributed by atoms with E-state index in [2.05, 4.69) is 20.0 Å². The highest BCUT2D eigenvalue weighted by molar-refractivity contribution is 7.10. The van der Waals surface area contributed by atoms with Crippen LogP contribution >= 0.6 is 11.5 Å². The molecule has 4 aliphatic rings. The molecule has 1 heterocycles. The number of rotatable bonds is 6. The van der Waals surface area contributed by atoms with Gasteiger partial charge in [-0.25, -0.2) is 0 Å². The first kappa shape index (κ1) is 21.5. The first-order chi connectivity index (χ1) is 16.6. The summed E-state index contributed by atoms with van der Waals surface area (Å²) < 4.78 is 4.33. The number of aromatic nitrogens is 2. The van der Waals surface area contributed by atoms with Crippen LogP contribution < -0.4 is 10.6 Å². The minimum Gasteiger partial charge on any atom is -0.352 e. The molecule has 1 aromatic heterocycles. The average Bonchev–Trinajstić information content (AvgIpc) is 3.31. The first-order valence-electron chi connectivity index (χ1n) is 12.1. The zero-order valence-corrected chi connectivity index (χ0v) is 19.8. The van der Waals surface area contributed by atoms with E-state index in [0.29, 0.717) is 23.1 Å². The van der Waals surface area contributed by atoms with Crippen molar-refractivity contribution in [2.45, 2.75) is 45.1 Å². The van der Waals surface area contributed by atoms with Crippen LogP contribution in [0.2, 0.25) is 0 Å². The van der Waals surface area contributed by atoms with Crippen LogP contribution in [0.5, 0.6) is 0 Å². The fourth-order valence-corrected chi connectivity index (χ4v) is 7.27. The van der Waals surface area contributed by atoms with E-state index in [9.17, 15) is 9.59 Å². The molecule has 3 aromatic rings. The predicted octanol–water partition coefficient (Wildman–Crippen LogP) is 5.29. The molecule has 34 heavy (non-hydrogen) atoms. The Bertz CT molecular complexity index is 1170. The number of amides is 2. The molecule has 6 nitrogen and oxygen atoms in total. The zero-order valence-electron chi connectivity index (χ0n) is 19.0. The van der Waals surface area contributed by atoms with E-state index in [1.54, 1.807) is 12.1 Å². The van der Waals surface area contributed by atoms with Crippen LogP contribution in [0.3, 0.4) is 0 Å². The van der Waals surface area contributed by atoms with Crippen LogP contribution in [0.4, 0.5) is 5.13 Å². The average molecular weight is 473 g/mol. The van der Waals surface area contributed by atoms with E-state index in [-0.39, 0.29) is 17.2 Å². The lowest BCUT2D eigenvalue weighted by Gasteiger charge is -2.55. The van der Waals surface area contributed by atoms with E-state index in [1.165, 1.54) is 19.3 Å². The molecule has 7 heteroatoms. The number of hydrogen-bond acceptors (Lipinski definition) is 5. The Kier molecular flexibility index (Phi) is 5.44. The summed E-state index contributed by atoms with van der Waals surface area (Å²) in [7, 11) is 0. The molecule has 4 saturated carbocycles. The van der Waals surface area contributed by atoms with Crippen molar-refractivity contribution >= 4 is 28.5 Å². The van der Waals surface area contributed by atoms with Gasteiger partial charge in [0.2, 0.25) is 11.0 Å². The third-order valence-corrected chi connectivity index (χ3v) is 8.50. The lowest BCUT2D eigenvalue weighted by atomic mass is 9.49. The molecule has 2 amide bonds. The highest BCUT2D eigenvalue weighted by atomic mass is 32.1. The highest BCUT2D eigenvalue weighted by Crippen LogP contribution is 2.60. The molecule has 4 aliphatic carbocycles. The van der Waals surface area contributed by atoms with Gasteiger partial charge in [-0.2, -0.15) is 9.36 Å². The maximum atomic E-state index is 13.2. The van der Waals surface area contributed by atoms with Gasteiger partial charge in [0.25, 0.3) is 5.91 Å². The number of nitrogens with one attached hydrogen (secondary N) is 2. The summed E-state index contributed by atoms with van der Waals surface area (Å²) in [4.78, 5) is 30.2. The second kappa shape index (κ2) is 8.62. The molecule has 0 saturated heterocycles. The van der Waals surface area contributed by atoms with Gasteiger partial charge in [-0.1, -0.05) is 42.5 Å². The third kappa shape index (κ3) is 4.13. The molecule has 0 unspecified atom stereocenters. The molecule has 174 valence electrons. The van der Waals surface area contributed by atoms with Gasteiger partial charge in [0.05, 0.1) is 0 Å². The fourth-order valence-electron chi connectivity index (χ4n) is 6.68. The molecule has 7 rings (SSSR count). The lowest BCUT2D eigenvalue weighted by molar-refractivity contribution is -0.146. The van der Waals surface area contributed by atoms with Gasteiger partial charge >= 0.3 is 0 Å². The second-order valence-electron chi connectivity index (χ2n) is 10.3. The van der Waals surface area contributed by atoms with Crippen molar-refractivity contribution in [2.75, 3.05) is 5.32 Å². The quantitative estimate of drug-likeness (QED) is 0.511. The van der Waals surface area contributed by atoms with Gasteiger partial charge in [0.1, 0.15) is 0 Å². The van der Waals surface area contributed by atoms with Gasteiger partial charge in [0.15, 0.2) is 5.82 Å². The van der Waals surface area contributed by atoms with Crippen LogP contribution in [0.1, 0.15) is 54.4 Å². The van der Waals surface area contributed by atoms with Crippen molar-refractivity contribution < 1.29 is 9.59 Å². The maximum absolute atomic E-state index is 13.2. The molecule has 0 aliphatic heterocycles. The largest absolute Gasteiger partial charge is 0.352 e. The van der Waals surface area contributed by atoms with Crippen LogP contribution in [0, 0.1) is 23.2 Å². The van der Waals surface area contributed by atoms with Crippen molar-refractivity contribution in [1.29, 1.82) is 0 Å². The number of anilines is 1. The van der Waals surface area contributed by atoms with Gasteiger partial charge in [-0.05, 0) is 74.0 Å². The van der Waals surface area contributed by atoms with Crippen LogP contribution in [0.25, 0.3) is 11.4 Å². The Morgan fingerprint density at radius 2 is 1.56 bits per heavy atom. The predicted molar refractivity (Wildman–Crippen MR) is 132 cm³/mol. The molecule has 2 N–H and O–H groups in total. The summed E-state index contributed by atoms with van der Waals surface area (Å²) in [6, 6.07) is 17.1. The van der Waals surface area contributed by atoms with Gasteiger partial charge in [-0.3, -0.25) is 14.9 Å². The maximum Gasteiger partial charge on any atom is 0.257 e. The molecular weight excluding hydrogens is 444 g/mol. The Labute approximate surface area is 203 Å². The van der Waals surface area contributed by atoms with Crippen LogP contribution in [-0.2, 0) is 11.3 Å². The fraction of sp³-hybridized carbons (Fsp3) is 0.407. The van der Waals surface area contributed by atoms with E-state index < -0.39 is 0 Å². The summed E-state index contributed by atoms with van der Waals surface area (Å²) in [6.07, 6.45) is 7.21. The number of nitrogens with zero attached hydrogens (tertiary/aromatic N) is 2. The van der Waals surface area contributed by atoms with E-state index >= 15 is 0 Å². The summed E-state index contributed by atoms with van der Waals surface area (Å²) in [5.41, 5.74) is 2.33. The number of benzene rings is 2. The lowest BCUT2D eigenvalue weighted by Crippen LogP contribution is -2.53. The minimum absolute atomic E-state index is 0.130. The van der Waals surface area contributed by atoms with Gasteiger partial charge in [-0.15, -0.1) is 0 Å². The summed E-state index contributed by atoms with van der Waals surface area (Å²) in [6.45, 7) is 0.499. The topological polar surface area (TPSA) is 84.0 Å². The Morgan fingerprint density at radius 1 is 0.912 bits per heavy atom. The Balaban J connectivity index is 1.05. The van der Waals surface area contributed by atoms with Crippen molar-refractivity contribution in [3.8, 4) is 11.4 Å². The van der Waals surface area contributed by atoms with Crippen LogP contribution in [0.15, 0.2) is 54.6 Å². The molecule has 4 fully saturated rings. The molecule has 2 aromatic carbocycles. The summed E-state index contributed by atoms with van der Waals surface area (Å²) in [5.74, 6) is 2.88. The normalized spacial score (nSPS) is 26.9. The number of carbonyl (C=O) groups excluding carboxylic acids is 2. The molecule has 0 spiro atoms. The van der Waals surface area contributed by atoms with E-state index in [4.69, 9.17) is 0 Å². The van der Waals surface area contributed by atoms with Gasteiger partial charge < -0.3 is 5.32 Å². The summed E-state index contributed by atoms with van der Waals surface area (Å²) >= 11 is 1.16. The van der Waals surface area contributed by atoms with Crippen LogP contribution in [-0.4, -0.2) is 21.2 Å². The molecule has 0 atom stereocenters. The number of hydrogen-bond donors (Lipinski definition) is 2. The first-order valence-corrected chi connectivity index (χ1v) is 12.9. The smallest absolute Gasteiger partial charge is 0.257 e. The van der Waals surface area contributed by atoms with Crippen molar-refractivity contribution in [1.82, 2.24) is 14.7 Å². The second-order valence-corrected chi connectivity index (χ2v) is 11.1. The standard InChI is InChI=1S/C27H28N4O2S/c32-24(30-26-29-23(31-34-26)21-4-2-1-3-5-21)22-8-6-17(7-9-22)16-28-25(33)27-13-18-10-19(14-27)12-20(11-18)15-27/h1-9,18-20H,10-16H2,(H,28,33)(H,29,30,31,32). The Hall–Kier alpha value is -3.06. The monoisotopic (exact) mass is 472 g/mol. The highest BCUT2D eigenvalue weighted by Gasteiger charge is 2.54. The Morgan fingerprint density at radius 3 is 2.21 bits per heavy atom. The van der Waals surface area contributed by atoms with Crippen molar-refractivity contribution in [2.24, 2.45) is 23.2 Å². The SMILES string of the molecule is O=C(Nc1nc(-c2ccccc2)ns1)c1ccc(CNC(=O)C23CC4CC(CC(C4)C2)C3)cc1. The molecule has 0 radical (unpaired) electrons. The zero-order chi connectivity index (χ0) is 23.1. The third-order valence-electron chi connectivity index (χ3n) is 7.87. The summed E-state index contributed by atoms with van der Waals surface area (Å²) in [5, 5.41) is 6.50.